The number of nitrogens with one attached hydrogen (secondary N) is 1. The second-order valence-corrected chi connectivity index (χ2v) is 5.87. The van der Waals surface area contributed by atoms with E-state index in [4.69, 9.17) is 0 Å². The molecule has 2 nitrogen and oxygen atoms in total. The van der Waals surface area contributed by atoms with Gasteiger partial charge in [0.05, 0.1) is 5.54 Å². The van der Waals surface area contributed by atoms with E-state index in [1.54, 1.807) is 12.1 Å². The van der Waals surface area contributed by atoms with Gasteiger partial charge in [0.15, 0.2) is 0 Å². The van der Waals surface area contributed by atoms with E-state index in [0.717, 1.165) is 31.7 Å². The van der Waals surface area contributed by atoms with Crippen molar-refractivity contribution in [2.24, 2.45) is 0 Å². The Morgan fingerprint density at radius 2 is 1.95 bits per heavy atom. The third-order valence-corrected chi connectivity index (χ3v) is 4.38. The fourth-order valence-electron chi connectivity index (χ4n) is 3.10. The minimum Gasteiger partial charge on any atom is -0.313 e. The fourth-order valence-corrected chi connectivity index (χ4v) is 3.10. The van der Waals surface area contributed by atoms with Crippen LogP contribution in [0.15, 0.2) is 54.6 Å². The largest absolute Gasteiger partial charge is 0.313 e. The van der Waals surface area contributed by atoms with Crippen molar-refractivity contribution in [3.63, 3.8) is 0 Å². The Morgan fingerprint density at radius 1 is 1.14 bits per heavy atom. The smallest absolute Gasteiger partial charge is 0.123 e. The lowest BCUT2D eigenvalue weighted by atomic mass is 9.88. The molecule has 0 bridgehead atoms. The average molecular weight is 284 g/mol. The summed E-state index contributed by atoms with van der Waals surface area (Å²) in [6.07, 6.45) is 0. The van der Waals surface area contributed by atoms with Crippen molar-refractivity contribution in [1.82, 2.24) is 10.2 Å². The summed E-state index contributed by atoms with van der Waals surface area (Å²) < 4.78 is 13.4. The molecule has 2 aromatic carbocycles. The van der Waals surface area contributed by atoms with E-state index in [2.05, 4.69) is 41.4 Å². The first-order valence-electron chi connectivity index (χ1n) is 7.44. The van der Waals surface area contributed by atoms with Gasteiger partial charge in [-0.2, -0.15) is 0 Å². The Morgan fingerprint density at radius 3 is 2.71 bits per heavy atom. The summed E-state index contributed by atoms with van der Waals surface area (Å²) >= 11 is 0. The zero-order chi connectivity index (χ0) is 14.7. The van der Waals surface area contributed by atoms with Crippen LogP contribution in [-0.4, -0.2) is 24.5 Å². The maximum atomic E-state index is 13.4. The highest BCUT2D eigenvalue weighted by molar-refractivity contribution is 5.26. The molecule has 1 atom stereocenters. The summed E-state index contributed by atoms with van der Waals surface area (Å²) in [7, 11) is 0. The number of benzene rings is 2. The molecule has 1 heterocycles. The van der Waals surface area contributed by atoms with Gasteiger partial charge in [0.25, 0.3) is 0 Å². The van der Waals surface area contributed by atoms with Gasteiger partial charge in [-0.15, -0.1) is 0 Å². The first kappa shape index (κ1) is 14.2. The number of rotatable bonds is 3. The van der Waals surface area contributed by atoms with Crippen molar-refractivity contribution in [1.29, 1.82) is 0 Å². The lowest BCUT2D eigenvalue weighted by molar-refractivity contribution is 0.0649. The molecule has 1 aliphatic rings. The Balaban J connectivity index is 1.88. The summed E-state index contributed by atoms with van der Waals surface area (Å²) in [5.74, 6) is -0.163. The molecular weight excluding hydrogens is 263 g/mol. The van der Waals surface area contributed by atoms with Crippen LogP contribution in [0.5, 0.6) is 0 Å². The lowest BCUT2D eigenvalue weighted by Crippen LogP contribution is -2.56. The number of hydrogen-bond donors (Lipinski definition) is 1. The van der Waals surface area contributed by atoms with Crippen LogP contribution in [0.4, 0.5) is 4.39 Å². The molecule has 1 aliphatic heterocycles. The van der Waals surface area contributed by atoms with Crippen molar-refractivity contribution in [2.45, 2.75) is 19.0 Å². The van der Waals surface area contributed by atoms with Crippen molar-refractivity contribution < 1.29 is 4.39 Å². The number of piperazine rings is 1. The van der Waals surface area contributed by atoms with E-state index < -0.39 is 0 Å². The third kappa shape index (κ3) is 2.99. The lowest BCUT2D eigenvalue weighted by Gasteiger charge is -2.45. The highest BCUT2D eigenvalue weighted by atomic mass is 19.1. The van der Waals surface area contributed by atoms with Gasteiger partial charge in [0.1, 0.15) is 5.82 Å². The zero-order valence-corrected chi connectivity index (χ0v) is 12.3. The van der Waals surface area contributed by atoms with E-state index in [1.165, 1.54) is 11.6 Å². The van der Waals surface area contributed by atoms with Gasteiger partial charge >= 0.3 is 0 Å². The normalized spacial score (nSPS) is 23.1. The molecular formula is C18H21FN2. The number of hydrogen-bond acceptors (Lipinski definition) is 2. The van der Waals surface area contributed by atoms with Gasteiger partial charge in [0, 0.05) is 26.2 Å². The monoisotopic (exact) mass is 284 g/mol. The predicted molar refractivity (Wildman–Crippen MR) is 83.5 cm³/mol. The van der Waals surface area contributed by atoms with E-state index in [9.17, 15) is 4.39 Å². The van der Waals surface area contributed by atoms with Crippen LogP contribution in [-0.2, 0) is 12.1 Å². The Kier molecular flexibility index (Phi) is 4.04. The van der Waals surface area contributed by atoms with Gasteiger partial charge < -0.3 is 5.32 Å². The van der Waals surface area contributed by atoms with Gasteiger partial charge in [-0.1, -0.05) is 42.5 Å². The van der Waals surface area contributed by atoms with E-state index in [1.807, 2.05) is 12.1 Å². The van der Waals surface area contributed by atoms with Crippen LogP contribution in [0.25, 0.3) is 0 Å². The molecule has 0 saturated carbocycles. The minimum absolute atomic E-state index is 0.0637. The second kappa shape index (κ2) is 5.96. The van der Waals surface area contributed by atoms with Gasteiger partial charge in [0.2, 0.25) is 0 Å². The molecule has 1 fully saturated rings. The molecule has 0 aliphatic carbocycles. The summed E-state index contributed by atoms with van der Waals surface area (Å²) in [6.45, 7) is 5.87. The fraction of sp³-hybridized carbons (Fsp3) is 0.333. The standard InChI is InChI=1S/C18H21FN2/c1-18(16-7-3-2-4-8-16)14-20-10-11-21(18)13-15-6-5-9-17(19)12-15/h2-9,12,20H,10-11,13-14H2,1H3. The second-order valence-electron chi connectivity index (χ2n) is 5.87. The third-order valence-electron chi connectivity index (χ3n) is 4.38. The number of nitrogens with zero attached hydrogens (tertiary/aromatic N) is 1. The van der Waals surface area contributed by atoms with Crippen LogP contribution in [0.3, 0.4) is 0 Å². The summed E-state index contributed by atoms with van der Waals surface area (Å²) in [5.41, 5.74) is 2.26. The molecule has 1 saturated heterocycles. The predicted octanol–water partition coefficient (Wildman–Crippen LogP) is 3.15. The SMILES string of the molecule is CC1(c2ccccc2)CNCCN1Cc1cccc(F)c1. The van der Waals surface area contributed by atoms with Gasteiger partial charge in [-0.05, 0) is 30.2 Å². The van der Waals surface area contributed by atoms with Crippen molar-refractivity contribution in [2.75, 3.05) is 19.6 Å². The van der Waals surface area contributed by atoms with Crippen LogP contribution < -0.4 is 5.32 Å². The Labute approximate surface area is 125 Å². The first-order chi connectivity index (χ1) is 10.2. The molecule has 0 spiro atoms. The van der Waals surface area contributed by atoms with E-state index in [-0.39, 0.29) is 11.4 Å². The molecule has 0 amide bonds. The Hall–Kier alpha value is -1.71. The van der Waals surface area contributed by atoms with Crippen LogP contribution in [0, 0.1) is 5.82 Å². The van der Waals surface area contributed by atoms with Crippen molar-refractivity contribution >= 4 is 0 Å². The van der Waals surface area contributed by atoms with Gasteiger partial charge in [-0.3, -0.25) is 4.90 Å². The summed E-state index contributed by atoms with van der Waals surface area (Å²) in [6, 6.07) is 17.5. The maximum Gasteiger partial charge on any atom is 0.123 e. The summed E-state index contributed by atoms with van der Waals surface area (Å²) in [4.78, 5) is 2.44. The van der Waals surface area contributed by atoms with Crippen molar-refractivity contribution in [3.8, 4) is 0 Å². The van der Waals surface area contributed by atoms with E-state index in [0.29, 0.717) is 0 Å². The highest BCUT2D eigenvalue weighted by Gasteiger charge is 2.35. The van der Waals surface area contributed by atoms with E-state index >= 15 is 0 Å². The molecule has 1 unspecified atom stereocenters. The molecule has 3 rings (SSSR count). The average Bonchev–Trinajstić information content (AvgIpc) is 2.51. The molecule has 2 aromatic rings. The first-order valence-corrected chi connectivity index (χ1v) is 7.44. The number of halogens is 1. The van der Waals surface area contributed by atoms with Crippen molar-refractivity contribution in [3.05, 3.63) is 71.5 Å². The molecule has 0 aromatic heterocycles. The van der Waals surface area contributed by atoms with Crippen LogP contribution in [0.1, 0.15) is 18.1 Å². The molecule has 21 heavy (non-hydrogen) atoms. The maximum absolute atomic E-state index is 13.4. The Bertz CT molecular complexity index is 599. The molecule has 1 N–H and O–H groups in total. The van der Waals surface area contributed by atoms with Crippen LogP contribution >= 0.6 is 0 Å². The minimum atomic E-state index is -0.163. The van der Waals surface area contributed by atoms with Gasteiger partial charge in [-0.25, -0.2) is 4.39 Å². The molecule has 110 valence electrons. The molecule has 3 heteroatoms. The quantitative estimate of drug-likeness (QED) is 0.931. The summed E-state index contributed by atoms with van der Waals surface area (Å²) in [5, 5.41) is 3.49. The molecule has 0 radical (unpaired) electrons. The zero-order valence-electron chi connectivity index (χ0n) is 12.3. The topological polar surface area (TPSA) is 15.3 Å². The van der Waals surface area contributed by atoms with Crippen LogP contribution in [0.2, 0.25) is 0 Å². The highest BCUT2D eigenvalue weighted by Crippen LogP contribution is 2.30.